The Balaban J connectivity index is 1.73. The molecule has 0 fully saturated rings. The molecule has 0 unspecified atom stereocenters. The zero-order valence-corrected chi connectivity index (χ0v) is 16.4. The number of amides is 1. The molecule has 0 saturated carbocycles. The standard InChI is InChI=1S/C22H23N3O3/c1-14-9-15(2)11-17(10-14)24-21-8-5-16(13-23-21)22(26)25-19-12-18(27-3)6-7-20(19)28-4/h5-13H,1-4H3,(H,23,24)(H,25,26). The molecular weight excluding hydrogens is 354 g/mol. The van der Waals surface area contributed by atoms with Crippen LogP contribution in [0.4, 0.5) is 17.2 Å². The summed E-state index contributed by atoms with van der Waals surface area (Å²) < 4.78 is 10.5. The number of carbonyl (C=O) groups excluding carboxylic acids is 1. The van der Waals surface area contributed by atoms with Gasteiger partial charge in [0.1, 0.15) is 17.3 Å². The molecule has 0 saturated heterocycles. The quantitative estimate of drug-likeness (QED) is 0.651. The maximum Gasteiger partial charge on any atom is 0.257 e. The Hall–Kier alpha value is -3.54. The second-order valence-electron chi connectivity index (χ2n) is 6.45. The van der Waals surface area contributed by atoms with Gasteiger partial charge in [-0.3, -0.25) is 4.79 Å². The molecule has 0 atom stereocenters. The molecular formula is C22H23N3O3. The highest BCUT2D eigenvalue weighted by Gasteiger charge is 2.11. The molecule has 3 aromatic rings. The lowest BCUT2D eigenvalue weighted by atomic mass is 10.1. The third-order valence-corrected chi connectivity index (χ3v) is 4.17. The SMILES string of the molecule is COc1ccc(OC)c(NC(=O)c2ccc(Nc3cc(C)cc(C)c3)nc2)c1. The molecule has 2 aromatic carbocycles. The molecule has 0 bridgehead atoms. The summed E-state index contributed by atoms with van der Waals surface area (Å²) in [6, 6.07) is 14.9. The normalized spacial score (nSPS) is 10.3. The highest BCUT2D eigenvalue weighted by molar-refractivity contribution is 6.05. The lowest BCUT2D eigenvalue weighted by Crippen LogP contribution is -2.13. The topological polar surface area (TPSA) is 72.5 Å². The van der Waals surface area contributed by atoms with Gasteiger partial charge in [0.25, 0.3) is 5.91 Å². The Bertz CT molecular complexity index is 965. The summed E-state index contributed by atoms with van der Waals surface area (Å²) in [5.74, 6) is 1.56. The fourth-order valence-corrected chi connectivity index (χ4v) is 2.90. The summed E-state index contributed by atoms with van der Waals surface area (Å²) in [6.07, 6.45) is 1.53. The number of rotatable bonds is 6. The minimum atomic E-state index is -0.281. The lowest BCUT2D eigenvalue weighted by molar-refractivity contribution is 0.102. The summed E-state index contributed by atoms with van der Waals surface area (Å²) in [4.78, 5) is 16.9. The van der Waals surface area contributed by atoms with Crippen LogP contribution in [0.3, 0.4) is 0 Å². The van der Waals surface area contributed by atoms with Gasteiger partial charge in [0.05, 0.1) is 25.5 Å². The summed E-state index contributed by atoms with van der Waals surface area (Å²) in [5, 5.41) is 6.09. The number of carbonyl (C=O) groups is 1. The first kappa shape index (κ1) is 19.2. The predicted molar refractivity (Wildman–Crippen MR) is 111 cm³/mol. The number of methoxy groups -OCH3 is 2. The summed E-state index contributed by atoms with van der Waals surface area (Å²) in [5.41, 5.74) is 4.28. The molecule has 28 heavy (non-hydrogen) atoms. The third-order valence-electron chi connectivity index (χ3n) is 4.17. The van der Waals surface area contributed by atoms with Gasteiger partial charge in [-0.25, -0.2) is 4.98 Å². The molecule has 0 aliphatic heterocycles. The van der Waals surface area contributed by atoms with Gasteiger partial charge >= 0.3 is 0 Å². The maximum absolute atomic E-state index is 12.6. The highest BCUT2D eigenvalue weighted by Crippen LogP contribution is 2.29. The van der Waals surface area contributed by atoms with Crippen LogP contribution in [0, 0.1) is 13.8 Å². The Morgan fingerprint density at radius 2 is 1.68 bits per heavy atom. The van der Waals surface area contributed by atoms with Gasteiger partial charge in [0.2, 0.25) is 0 Å². The summed E-state index contributed by atoms with van der Waals surface area (Å²) in [7, 11) is 3.12. The Kier molecular flexibility index (Phi) is 5.79. The molecule has 3 rings (SSSR count). The van der Waals surface area contributed by atoms with Crippen molar-refractivity contribution in [3.8, 4) is 11.5 Å². The number of aromatic nitrogens is 1. The molecule has 2 N–H and O–H groups in total. The van der Waals surface area contributed by atoms with Gasteiger partial charge in [0, 0.05) is 18.0 Å². The van der Waals surface area contributed by atoms with Gasteiger partial charge in [-0.05, 0) is 61.4 Å². The van der Waals surface area contributed by atoms with Crippen LogP contribution in [0.2, 0.25) is 0 Å². The van der Waals surface area contributed by atoms with Crippen LogP contribution in [0.1, 0.15) is 21.5 Å². The number of nitrogens with zero attached hydrogens (tertiary/aromatic N) is 1. The monoisotopic (exact) mass is 377 g/mol. The molecule has 0 aliphatic carbocycles. The minimum absolute atomic E-state index is 0.281. The summed E-state index contributed by atoms with van der Waals surface area (Å²) >= 11 is 0. The van der Waals surface area contributed by atoms with E-state index in [1.807, 2.05) is 26.0 Å². The van der Waals surface area contributed by atoms with Gasteiger partial charge < -0.3 is 20.1 Å². The average Bonchev–Trinajstić information content (AvgIpc) is 2.67. The van der Waals surface area contributed by atoms with Crippen molar-refractivity contribution in [1.82, 2.24) is 4.98 Å². The van der Waals surface area contributed by atoms with Crippen LogP contribution < -0.4 is 20.1 Å². The first-order valence-electron chi connectivity index (χ1n) is 8.83. The number of benzene rings is 2. The van der Waals surface area contributed by atoms with Crippen molar-refractivity contribution in [2.45, 2.75) is 13.8 Å². The first-order valence-corrected chi connectivity index (χ1v) is 8.83. The fourth-order valence-electron chi connectivity index (χ4n) is 2.90. The second kappa shape index (κ2) is 8.43. The molecule has 6 heteroatoms. The largest absolute Gasteiger partial charge is 0.497 e. The molecule has 1 amide bonds. The Labute approximate surface area is 164 Å². The fraction of sp³-hybridized carbons (Fsp3) is 0.182. The van der Waals surface area contributed by atoms with Crippen molar-refractivity contribution in [3.63, 3.8) is 0 Å². The van der Waals surface area contributed by atoms with E-state index in [1.165, 1.54) is 17.3 Å². The van der Waals surface area contributed by atoms with Crippen molar-refractivity contribution >= 4 is 23.1 Å². The Morgan fingerprint density at radius 1 is 0.929 bits per heavy atom. The van der Waals surface area contributed by atoms with Crippen LogP contribution in [0.5, 0.6) is 11.5 Å². The average molecular weight is 377 g/mol. The van der Waals surface area contributed by atoms with E-state index < -0.39 is 0 Å². The van der Waals surface area contributed by atoms with E-state index in [1.54, 1.807) is 44.6 Å². The van der Waals surface area contributed by atoms with Crippen LogP contribution in [-0.4, -0.2) is 25.1 Å². The van der Waals surface area contributed by atoms with Crippen LogP contribution in [-0.2, 0) is 0 Å². The number of hydrogen-bond acceptors (Lipinski definition) is 5. The van der Waals surface area contributed by atoms with Crippen molar-refractivity contribution in [2.75, 3.05) is 24.9 Å². The summed E-state index contributed by atoms with van der Waals surface area (Å²) in [6.45, 7) is 4.10. The lowest BCUT2D eigenvalue weighted by Gasteiger charge is -2.12. The van der Waals surface area contributed by atoms with Crippen LogP contribution in [0.25, 0.3) is 0 Å². The number of pyridine rings is 1. The number of anilines is 3. The van der Waals surface area contributed by atoms with Crippen LogP contribution in [0.15, 0.2) is 54.7 Å². The van der Waals surface area contributed by atoms with E-state index in [0.717, 1.165) is 5.69 Å². The van der Waals surface area contributed by atoms with Crippen molar-refractivity contribution < 1.29 is 14.3 Å². The van der Waals surface area contributed by atoms with E-state index in [0.29, 0.717) is 28.6 Å². The van der Waals surface area contributed by atoms with E-state index in [2.05, 4.69) is 21.7 Å². The van der Waals surface area contributed by atoms with Gasteiger partial charge in [-0.15, -0.1) is 0 Å². The first-order chi connectivity index (χ1) is 13.5. The van der Waals surface area contributed by atoms with E-state index in [4.69, 9.17) is 9.47 Å². The number of nitrogens with one attached hydrogen (secondary N) is 2. The number of aryl methyl sites for hydroxylation is 2. The molecule has 144 valence electrons. The van der Waals surface area contributed by atoms with Crippen molar-refractivity contribution in [1.29, 1.82) is 0 Å². The van der Waals surface area contributed by atoms with Crippen molar-refractivity contribution in [3.05, 3.63) is 71.4 Å². The third kappa shape index (κ3) is 4.59. The van der Waals surface area contributed by atoms with E-state index in [-0.39, 0.29) is 5.91 Å². The molecule has 1 aromatic heterocycles. The zero-order valence-electron chi connectivity index (χ0n) is 16.4. The molecule has 0 radical (unpaired) electrons. The van der Waals surface area contributed by atoms with Crippen molar-refractivity contribution in [2.24, 2.45) is 0 Å². The molecule has 6 nitrogen and oxygen atoms in total. The number of ether oxygens (including phenoxy) is 2. The predicted octanol–water partition coefficient (Wildman–Crippen LogP) is 4.71. The van der Waals surface area contributed by atoms with E-state index >= 15 is 0 Å². The van der Waals surface area contributed by atoms with Gasteiger partial charge in [-0.1, -0.05) is 6.07 Å². The Morgan fingerprint density at radius 3 is 2.29 bits per heavy atom. The minimum Gasteiger partial charge on any atom is -0.497 e. The molecule has 1 heterocycles. The molecule has 0 aliphatic rings. The molecule has 0 spiro atoms. The second-order valence-corrected chi connectivity index (χ2v) is 6.45. The van der Waals surface area contributed by atoms with E-state index in [9.17, 15) is 4.79 Å². The smallest absolute Gasteiger partial charge is 0.257 e. The van der Waals surface area contributed by atoms with Gasteiger partial charge in [-0.2, -0.15) is 0 Å². The highest BCUT2D eigenvalue weighted by atomic mass is 16.5. The zero-order chi connectivity index (χ0) is 20.1. The maximum atomic E-state index is 12.6. The number of hydrogen-bond donors (Lipinski definition) is 2. The van der Waals surface area contributed by atoms with Gasteiger partial charge in [0.15, 0.2) is 0 Å². The van der Waals surface area contributed by atoms with Crippen LogP contribution >= 0.6 is 0 Å².